The molecule has 0 aliphatic carbocycles. The van der Waals surface area contributed by atoms with Crippen LogP contribution < -0.4 is 18.9 Å². The summed E-state index contributed by atoms with van der Waals surface area (Å²) in [5, 5.41) is 0. The van der Waals surface area contributed by atoms with Gasteiger partial charge in [0.2, 0.25) is 0 Å². The van der Waals surface area contributed by atoms with Crippen molar-refractivity contribution in [2.24, 2.45) is 5.92 Å². The van der Waals surface area contributed by atoms with E-state index in [1.807, 2.05) is 25.1 Å². The summed E-state index contributed by atoms with van der Waals surface area (Å²) in [5.74, 6) is 2.28. The fourth-order valence-corrected chi connectivity index (χ4v) is 4.38. The number of piperidine rings is 1. The molecule has 0 spiro atoms. The van der Waals surface area contributed by atoms with Crippen LogP contribution in [0.3, 0.4) is 0 Å². The van der Waals surface area contributed by atoms with Gasteiger partial charge in [-0.3, -0.25) is 9.59 Å². The van der Waals surface area contributed by atoms with E-state index in [2.05, 4.69) is 0 Å². The molecule has 2 aliphatic heterocycles. The van der Waals surface area contributed by atoms with E-state index in [1.165, 1.54) is 0 Å². The summed E-state index contributed by atoms with van der Waals surface area (Å²) in [4.78, 5) is 28.1. The fraction of sp³-hybridized carbons (Fsp3) is 0.385. The lowest BCUT2D eigenvalue weighted by molar-refractivity contribution is 0.0650. The second-order valence-corrected chi connectivity index (χ2v) is 8.09. The number of carbonyl (C=O) groups is 2. The molecule has 7 nitrogen and oxygen atoms in total. The number of hydrogen-bond donors (Lipinski definition) is 0. The molecule has 2 aromatic carbocycles. The molecule has 0 N–H and O–H groups in total. The van der Waals surface area contributed by atoms with Crippen molar-refractivity contribution in [2.75, 3.05) is 40.5 Å². The van der Waals surface area contributed by atoms with Crippen LogP contribution >= 0.6 is 0 Å². The average molecular weight is 452 g/mol. The Morgan fingerprint density at radius 2 is 1.70 bits per heavy atom. The number of benzene rings is 2. The lowest BCUT2D eigenvalue weighted by Crippen LogP contribution is -2.40. The van der Waals surface area contributed by atoms with Crippen LogP contribution in [0.5, 0.6) is 23.0 Å². The molecule has 0 unspecified atom stereocenters. The quantitative estimate of drug-likeness (QED) is 0.612. The average Bonchev–Trinajstić information content (AvgIpc) is 2.87. The van der Waals surface area contributed by atoms with E-state index in [4.69, 9.17) is 18.9 Å². The van der Waals surface area contributed by atoms with Crippen LogP contribution in [-0.2, 0) is 0 Å². The summed E-state index contributed by atoms with van der Waals surface area (Å²) < 4.78 is 22.1. The molecule has 174 valence electrons. The van der Waals surface area contributed by atoms with Crippen molar-refractivity contribution < 1.29 is 28.5 Å². The number of ketones is 1. The number of methoxy groups -OCH3 is 2. The normalized spacial score (nSPS) is 16.0. The van der Waals surface area contributed by atoms with Crippen molar-refractivity contribution in [1.82, 2.24) is 4.90 Å². The molecule has 2 aliphatic rings. The highest BCUT2D eigenvalue weighted by molar-refractivity contribution is 5.99. The standard InChI is InChI=1S/C26H29NO6/c1-4-5-19-14-20(16-23(30-2)25(19)31-3)26(29)27-10-8-17(9-11-27)24(28)18-6-7-21-22(15-18)33-13-12-32-21/h4-7,14-17H,8-13H2,1-3H3. The highest BCUT2D eigenvalue weighted by Gasteiger charge is 2.30. The van der Waals surface area contributed by atoms with Gasteiger partial charge in [0.25, 0.3) is 5.91 Å². The summed E-state index contributed by atoms with van der Waals surface area (Å²) >= 11 is 0. The molecule has 0 aromatic heterocycles. The Morgan fingerprint density at radius 3 is 2.36 bits per heavy atom. The highest BCUT2D eigenvalue weighted by Crippen LogP contribution is 2.35. The van der Waals surface area contributed by atoms with Gasteiger partial charge in [0.05, 0.1) is 14.2 Å². The van der Waals surface area contributed by atoms with E-state index >= 15 is 0 Å². The summed E-state index contributed by atoms with van der Waals surface area (Å²) in [6.45, 7) is 3.95. The Kier molecular flexibility index (Phi) is 6.87. The van der Waals surface area contributed by atoms with E-state index < -0.39 is 0 Å². The third-order valence-electron chi connectivity index (χ3n) is 6.08. The summed E-state index contributed by atoms with van der Waals surface area (Å²) in [5.41, 5.74) is 1.95. The first-order chi connectivity index (χ1) is 16.0. The minimum Gasteiger partial charge on any atom is -0.493 e. The zero-order valence-corrected chi connectivity index (χ0v) is 19.3. The van der Waals surface area contributed by atoms with E-state index in [9.17, 15) is 9.59 Å². The molecule has 2 heterocycles. The van der Waals surface area contributed by atoms with Crippen molar-refractivity contribution >= 4 is 17.8 Å². The molecule has 1 saturated heterocycles. The smallest absolute Gasteiger partial charge is 0.254 e. The first-order valence-corrected chi connectivity index (χ1v) is 11.2. The van der Waals surface area contributed by atoms with E-state index in [-0.39, 0.29) is 17.6 Å². The molecule has 1 amide bonds. The molecule has 7 heteroatoms. The zero-order valence-electron chi connectivity index (χ0n) is 19.3. The van der Waals surface area contributed by atoms with Crippen LogP contribution in [0.2, 0.25) is 0 Å². The summed E-state index contributed by atoms with van der Waals surface area (Å²) in [6.07, 6.45) is 5.01. The largest absolute Gasteiger partial charge is 0.493 e. The maximum Gasteiger partial charge on any atom is 0.254 e. The Balaban J connectivity index is 1.45. The van der Waals surface area contributed by atoms with Crippen LogP contribution in [0.15, 0.2) is 36.4 Å². The van der Waals surface area contributed by atoms with Gasteiger partial charge in [-0.25, -0.2) is 0 Å². The summed E-state index contributed by atoms with van der Waals surface area (Å²) in [6, 6.07) is 8.87. The lowest BCUT2D eigenvalue weighted by atomic mass is 9.88. The van der Waals surface area contributed by atoms with E-state index in [0.717, 1.165) is 5.56 Å². The van der Waals surface area contributed by atoms with Crippen molar-refractivity contribution in [3.8, 4) is 23.0 Å². The number of likely N-dealkylation sites (tertiary alicyclic amines) is 1. The van der Waals surface area contributed by atoms with Crippen LogP contribution in [0.1, 0.15) is 46.0 Å². The van der Waals surface area contributed by atoms with Crippen LogP contribution in [0.25, 0.3) is 6.08 Å². The predicted octanol–water partition coefficient (Wildman–Crippen LogP) is 4.24. The zero-order chi connectivity index (χ0) is 23.4. The Morgan fingerprint density at radius 1 is 0.970 bits per heavy atom. The third kappa shape index (κ3) is 4.67. The van der Waals surface area contributed by atoms with Gasteiger partial charge >= 0.3 is 0 Å². The highest BCUT2D eigenvalue weighted by atomic mass is 16.6. The fourth-order valence-electron chi connectivity index (χ4n) is 4.38. The van der Waals surface area contributed by atoms with Crippen molar-refractivity contribution in [1.29, 1.82) is 0 Å². The molecule has 0 bridgehead atoms. The molecule has 0 radical (unpaired) electrons. The number of rotatable bonds is 6. The van der Waals surface area contributed by atoms with Crippen molar-refractivity contribution in [2.45, 2.75) is 19.8 Å². The molecule has 4 rings (SSSR count). The lowest BCUT2D eigenvalue weighted by Gasteiger charge is -2.31. The molecule has 33 heavy (non-hydrogen) atoms. The van der Waals surface area contributed by atoms with Gasteiger partial charge in [-0.15, -0.1) is 0 Å². The topological polar surface area (TPSA) is 74.3 Å². The van der Waals surface area contributed by atoms with Gasteiger partial charge in [-0.2, -0.15) is 0 Å². The molecule has 0 saturated carbocycles. The minimum atomic E-state index is -0.124. The van der Waals surface area contributed by atoms with Crippen LogP contribution in [-0.4, -0.2) is 57.1 Å². The van der Waals surface area contributed by atoms with Gasteiger partial charge in [0, 0.05) is 35.7 Å². The Bertz CT molecular complexity index is 1070. The van der Waals surface area contributed by atoms with Crippen LogP contribution in [0.4, 0.5) is 0 Å². The van der Waals surface area contributed by atoms with E-state index in [1.54, 1.807) is 43.4 Å². The second kappa shape index (κ2) is 9.98. The third-order valence-corrected chi connectivity index (χ3v) is 6.08. The maximum atomic E-state index is 13.2. The Hall–Kier alpha value is -3.48. The second-order valence-electron chi connectivity index (χ2n) is 8.09. The Labute approximate surface area is 193 Å². The summed E-state index contributed by atoms with van der Waals surface area (Å²) in [7, 11) is 3.14. The number of fused-ring (bicyclic) bond motifs is 1. The monoisotopic (exact) mass is 451 g/mol. The van der Waals surface area contributed by atoms with Gasteiger partial charge in [0.15, 0.2) is 28.8 Å². The number of Topliss-reactive ketones (excluding diaryl/α,β-unsaturated/α-hetero) is 1. The SMILES string of the molecule is CC=Cc1cc(C(=O)N2CCC(C(=O)c3ccc4c(c3)OCCO4)CC2)cc(OC)c1OC. The molecular formula is C26H29NO6. The van der Waals surface area contributed by atoms with Gasteiger partial charge < -0.3 is 23.8 Å². The predicted molar refractivity (Wildman–Crippen MR) is 125 cm³/mol. The first-order valence-electron chi connectivity index (χ1n) is 11.2. The van der Waals surface area contributed by atoms with Crippen molar-refractivity contribution in [3.05, 3.63) is 53.1 Å². The maximum absolute atomic E-state index is 13.2. The van der Waals surface area contributed by atoms with Crippen molar-refractivity contribution in [3.63, 3.8) is 0 Å². The number of nitrogens with zero attached hydrogens (tertiary/aromatic N) is 1. The number of ether oxygens (including phenoxy) is 4. The molecular weight excluding hydrogens is 422 g/mol. The molecule has 2 aromatic rings. The van der Waals surface area contributed by atoms with Gasteiger partial charge in [-0.1, -0.05) is 12.2 Å². The number of amides is 1. The van der Waals surface area contributed by atoms with E-state index in [0.29, 0.717) is 73.3 Å². The minimum absolute atomic E-state index is 0.0769. The van der Waals surface area contributed by atoms with Gasteiger partial charge in [-0.05, 0) is 50.1 Å². The molecule has 1 fully saturated rings. The first kappa shape index (κ1) is 22.7. The van der Waals surface area contributed by atoms with Crippen LogP contribution in [0, 0.1) is 5.92 Å². The molecule has 0 atom stereocenters. The number of hydrogen-bond acceptors (Lipinski definition) is 6. The van der Waals surface area contributed by atoms with Gasteiger partial charge in [0.1, 0.15) is 13.2 Å². The number of carbonyl (C=O) groups excluding carboxylic acids is 2. The number of allylic oxidation sites excluding steroid dienone is 1.